The van der Waals surface area contributed by atoms with Crippen molar-refractivity contribution in [2.24, 2.45) is 5.73 Å². The van der Waals surface area contributed by atoms with Gasteiger partial charge in [0.1, 0.15) is 10.8 Å². The highest BCUT2D eigenvalue weighted by molar-refractivity contribution is 7.17. The maximum atomic E-state index is 6.02. The fraction of sp³-hybridized carbons (Fsp3) is 0.400. The van der Waals surface area contributed by atoms with Crippen molar-refractivity contribution in [1.29, 1.82) is 0 Å². The average Bonchev–Trinajstić information content (AvgIpc) is 3.22. The average molecular weight is 346 g/mol. The molecule has 2 atom stereocenters. The van der Waals surface area contributed by atoms with Crippen LogP contribution in [0, 0.1) is 6.92 Å². The predicted molar refractivity (Wildman–Crippen MR) is 96.8 cm³/mol. The van der Waals surface area contributed by atoms with E-state index in [1.807, 2.05) is 24.4 Å². The number of nitrogens with one attached hydrogen (secondary N) is 2. The van der Waals surface area contributed by atoms with E-state index in [-0.39, 0.29) is 0 Å². The summed E-state index contributed by atoms with van der Waals surface area (Å²) in [6.07, 6.45) is 3.16. The van der Waals surface area contributed by atoms with Crippen molar-refractivity contribution < 1.29 is 0 Å². The van der Waals surface area contributed by atoms with Crippen LogP contribution >= 0.6 is 22.9 Å². The molecule has 0 amide bonds. The van der Waals surface area contributed by atoms with Crippen LogP contribution in [0.3, 0.4) is 0 Å². The van der Waals surface area contributed by atoms with Gasteiger partial charge < -0.3 is 16.4 Å². The van der Waals surface area contributed by atoms with Crippen LogP contribution in [0.2, 0.25) is 0 Å². The summed E-state index contributed by atoms with van der Waals surface area (Å²) in [4.78, 5) is 9.27. The minimum Gasteiger partial charge on any atom is -0.366 e. The molecule has 3 aromatic heterocycles. The first-order chi connectivity index (χ1) is 11.2. The van der Waals surface area contributed by atoms with E-state index in [1.165, 1.54) is 11.5 Å². The van der Waals surface area contributed by atoms with Crippen molar-refractivity contribution in [1.82, 2.24) is 14.3 Å². The van der Waals surface area contributed by atoms with Gasteiger partial charge in [-0.25, -0.2) is 4.98 Å². The number of thiophene rings is 1. The second-order valence-electron chi connectivity index (χ2n) is 5.90. The molecule has 3 heterocycles. The summed E-state index contributed by atoms with van der Waals surface area (Å²) < 4.78 is 5.37. The molecule has 0 aliphatic heterocycles. The number of rotatable bonds is 4. The highest BCUT2D eigenvalue weighted by Crippen LogP contribution is 2.31. The van der Waals surface area contributed by atoms with E-state index in [9.17, 15) is 0 Å². The lowest BCUT2D eigenvalue weighted by molar-refractivity contribution is 0.687. The molecule has 0 aromatic carbocycles. The number of nitrogens with two attached hydrogens (primary N) is 1. The quantitative estimate of drug-likeness (QED) is 0.670. The maximum Gasteiger partial charge on any atom is 0.230 e. The van der Waals surface area contributed by atoms with Gasteiger partial charge in [0.25, 0.3) is 0 Å². The van der Waals surface area contributed by atoms with Crippen LogP contribution in [0.4, 0.5) is 16.8 Å². The van der Waals surface area contributed by atoms with Gasteiger partial charge in [0.05, 0.1) is 15.9 Å². The first kappa shape index (κ1) is 14.8. The van der Waals surface area contributed by atoms with Gasteiger partial charge in [-0.1, -0.05) is 0 Å². The zero-order valence-electron chi connectivity index (χ0n) is 12.7. The summed E-state index contributed by atoms with van der Waals surface area (Å²) in [6.45, 7) is 1.97. The Morgan fingerprint density at radius 2 is 2.22 bits per heavy atom. The van der Waals surface area contributed by atoms with Crippen molar-refractivity contribution in [2.75, 3.05) is 10.6 Å². The predicted octanol–water partition coefficient (Wildman–Crippen LogP) is 3.49. The van der Waals surface area contributed by atoms with E-state index in [1.54, 1.807) is 11.3 Å². The van der Waals surface area contributed by atoms with E-state index in [0.29, 0.717) is 18.0 Å². The Morgan fingerprint density at radius 1 is 1.30 bits per heavy atom. The van der Waals surface area contributed by atoms with E-state index in [2.05, 4.69) is 25.0 Å². The summed E-state index contributed by atoms with van der Waals surface area (Å²) in [5.74, 6) is 1.50. The molecule has 120 valence electrons. The van der Waals surface area contributed by atoms with Gasteiger partial charge in [-0.05, 0) is 55.2 Å². The molecular weight excluding hydrogens is 328 g/mol. The van der Waals surface area contributed by atoms with Crippen LogP contribution in [0.1, 0.15) is 25.0 Å². The van der Waals surface area contributed by atoms with E-state index >= 15 is 0 Å². The second kappa shape index (κ2) is 6.03. The van der Waals surface area contributed by atoms with Crippen LogP contribution in [-0.4, -0.2) is 26.4 Å². The van der Waals surface area contributed by atoms with Gasteiger partial charge in [0.2, 0.25) is 5.95 Å². The van der Waals surface area contributed by atoms with Crippen molar-refractivity contribution in [3.63, 3.8) is 0 Å². The minimum atomic E-state index is 0.297. The van der Waals surface area contributed by atoms with Gasteiger partial charge in [-0.3, -0.25) is 0 Å². The molecule has 0 saturated heterocycles. The third-order valence-corrected chi connectivity index (χ3v) is 5.69. The molecule has 6 nitrogen and oxygen atoms in total. The molecule has 3 aromatic rings. The molecule has 8 heteroatoms. The molecule has 4 rings (SSSR count). The maximum absolute atomic E-state index is 6.02. The fourth-order valence-corrected chi connectivity index (χ4v) is 4.33. The van der Waals surface area contributed by atoms with Crippen molar-refractivity contribution in [2.45, 2.75) is 38.3 Å². The van der Waals surface area contributed by atoms with E-state index in [4.69, 9.17) is 5.73 Å². The molecule has 1 aliphatic rings. The van der Waals surface area contributed by atoms with Crippen LogP contribution in [-0.2, 0) is 0 Å². The van der Waals surface area contributed by atoms with Gasteiger partial charge >= 0.3 is 0 Å². The Hall–Kier alpha value is -1.77. The summed E-state index contributed by atoms with van der Waals surface area (Å²) in [7, 11) is 0. The molecule has 0 bridgehead atoms. The summed E-state index contributed by atoms with van der Waals surface area (Å²) in [6, 6.07) is 4.71. The molecular formula is C15H18N6S2. The molecule has 23 heavy (non-hydrogen) atoms. The first-order valence-electron chi connectivity index (χ1n) is 7.65. The molecule has 4 N–H and O–H groups in total. The van der Waals surface area contributed by atoms with Crippen molar-refractivity contribution >= 4 is 49.9 Å². The summed E-state index contributed by atoms with van der Waals surface area (Å²) in [5, 5.41) is 9.81. The number of hydrogen-bond donors (Lipinski definition) is 3. The number of aromatic nitrogens is 3. The zero-order chi connectivity index (χ0) is 15.8. The Balaban J connectivity index is 1.64. The van der Waals surface area contributed by atoms with Gasteiger partial charge in [0, 0.05) is 12.1 Å². The highest BCUT2D eigenvalue weighted by atomic mass is 32.1. The number of hydrogen-bond acceptors (Lipinski definition) is 8. The van der Waals surface area contributed by atoms with Crippen molar-refractivity contribution in [3.8, 4) is 0 Å². The topological polar surface area (TPSA) is 88.8 Å². The number of aryl methyl sites for hydroxylation is 1. The Morgan fingerprint density at radius 3 is 2.96 bits per heavy atom. The highest BCUT2D eigenvalue weighted by Gasteiger charge is 2.23. The monoisotopic (exact) mass is 346 g/mol. The van der Waals surface area contributed by atoms with Gasteiger partial charge in [0.15, 0.2) is 0 Å². The lowest BCUT2D eigenvalue weighted by Crippen LogP contribution is -2.21. The Bertz CT molecular complexity index is 826. The SMILES string of the molecule is Cc1cc(Nc2nc(N[C@H]3CC[C@@H](N)C3)c3sccc3n2)sn1. The van der Waals surface area contributed by atoms with E-state index in [0.717, 1.165) is 46.0 Å². The van der Waals surface area contributed by atoms with Crippen molar-refractivity contribution in [3.05, 3.63) is 23.2 Å². The zero-order valence-corrected chi connectivity index (χ0v) is 14.4. The largest absolute Gasteiger partial charge is 0.366 e. The minimum absolute atomic E-state index is 0.297. The number of anilines is 3. The molecule has 1 aliphatic carbocycles. The van der Waals surface area contributed by atoms with Crippen LogP contribution < -0.4 is 16.4 Å². The van der Waals surface area contributed by atoms with Gasteiger partial charge in [-0.15, -0.1) is 11.3 Å². The summed E-state index contributed by atoms with van der Waals surface area (Å²) in [5.41, 5.74) is 7.97. The standard InChI is InChI=1S/C15H18N6S2/c1-8-6-12(23-21-8)19-15-18-11-4-5-22-13(11)14(20-15)17-10-3-2-9(16)7-10/h4-6,9-10H,2-3,7,16H2,1H3,(H2,17,18,19,20)/t9-,10+/m1/s1. The third-order valence-electron chi connectivity index (χ3n) is 3.98. The van der Waals surface area contributed by atoms with Crippen LogP contribution in [0.25, 0.3) is 10.2 Å². The molecule has 0 radical (unpaired) electrons. The number of nitrogens with zero attached hydrogens (tertiary/aromatic N) is 3. The fourth-order valence-electron chi connectivity index (χ4n) is 2.89. The molecule has 0 unspecified atom stereocenters. The Labute approximate surface area is 142 Å². The van der Waals surface area contributed by atoms with Gasteiger partial charge in [-0.2, -0.15) is 9.36 Å². The number of fused-ring (bicyclic) bond motifs is 1. The molecule has 1 saturated carbocycles. The normalized spacial score (nSPS) is 21.0. The lowest BCUT2D eigenvalue weighted by Gasteiger charge is -2.14. The third kappa shape index (κ3) is 3.15. The molecule has 0 spiro atoms. The van der Waals surface area contributed by atoms with Crippen LogP contribution in [0.5, 0.6) is 0 Å². The second-order valence-corrected chi connectivity index (χ2v) is 7.62. The molecule has 1 fully saturated rings. The van der Waals surface area contributed by atoms with E-state index < -0.39 is 0 Å². The Kier molecular flexibility index (Phi) is 3.88. The van der Waals surface area contributed by atoms with Crippen LogP contribution in [0.15, 0.2) is 17.5 Å². The first-order valence-corrected chi connectivity index (χ1v) is 9.30. The smallest absolute Gasteiger partial charge is 0.230 e. The lowest BCUT2D eigenvalue weighted by atomic mass is 10.2. The summed E-state index contributed by atoms with van der Waals surface area (Å²) >= 11 is 3.08.